The van der Waals surface area contributed by atoms with Crippen LogP contribution in [0.15, 0.2) is 53.3 Å². The van der Waals surface area contributed by atoms with Gasteiger partial charge in [0, 0.05) is 16.6 Å². The van der Waals surface area contributed by atoms with Crippen LogP contribution in [0.1, 0.15) is 0 Å². The minimum Gasteiger partial charge on any atom is -0.486 e. The summed E-state index contributed by atoms with van der Waals surface area (Å²) in [7, 11) is 0. The molecule has 3 aromatic rings. The Labute approximate surface area is 121 Å². The van der Waals surface area contributed by atoms with E-state index in [-0.39, 0.29) is 5.56 Å². The molecule has 0 spiro atoms. The van der Waals surface area contributed by atoms with Crippen molar-refractivity contribution in [1.82, 2.24) is 4.98 Å². The summed E-state index contributed by atoms with van der Waals surface area (Å²) in [6, 6.07) is 15.2. The highest BCUT2D eigenvalue weighted by Gasteiger charge is 2.13. The van der Waals surface area contributed by atoms with Gasteiger partial charge >= 0.3 is 0 Å². The lowest BCUT2D eigenvalue weighted by Gasteiger charge is -2.18. The molecule has 104 valence electrons. The van der Waals surface area contributed by atoms with Crippen molar-refractivity contribution >= 4 is 10.8 Å². The summed E-state index contributed by atoms with van der Waals surface area (Å²) >= 11 is 0. The molecule has 21 heavy (non-hydrogen) atoms. The number of nitrogens with one attached hydrogen (secondary N) is 1. The third kappa shape index (κ3) is 2.05. The molecule has 4 rings (SSSR count). The zero-order valence-corrected chi connectivity index (χ0v) is 11.3. The molecule has 0 bridgehead atoms. The standard InChI is InChI=1S/C17H13NO3/c19-17-13-4-2-1-3-11(13)9-14(18-17)12-5-6-15-16(10-12)21-8-7-20-15/h1-6,9-10H,7-8H2,(H,18,19). The third-order valence-corrected chi connectivity index (χ3v) is 3.61. The van der Waals surface area contributed by atoms with Crippen LogP contribution in [0, 0.1) is 0 Å². The molecule has 0 saturated carbocycles. The van der Waals surface area contributed by atoms with Crippen molar-refractivity contribution in [2.45, 2.75) is 0 Å². The van der Waals surface area contributed by atoms with Crippen LogP contribution >= 0.6 is 0 Å². The fraction of sp³-hybridized carbons (Fsp3) is 0.118. The molecule has 0 aliphatic carbocycles. The van der Waals surface area contributed by atoms with Gasteiger partial charge in [-0.25, -0.2) is 0 Å². The number of hydrogen-bond donors (Lipinski definition) is 1. The van der Waals surface area contributed by atoms with Crippen molar-refractivity contribution < 1.29 is 9.47 Å². The van der Waals surface area contributed by atoms with Crippen LogP contribution in [0.25, 0.3) is 22.0 Å². The summed E-state index contributed by atoms with van der Waals surface area (Å²) in [6.07, 6.45) is 0. The molecule has 0 amide bonds. The van der Waals surface area contributed by atoms with Crippen molar-refractivity contribution in [3.05, 3.63) is 58.9 Å². The monoisotopic (exact) mass is 279 g/mol. The van der Waals surface area contributed by atoms with Crippen molar-refractivity contribution in [3.8, 4) is 22.8 Å². The van der Waals surface area contributed by atoms with Crippen molar-refractivity contribution in [2.24, 2.45) is 0 Å². The van der Waals surface area contributed by atoms with E-state index in [2.05, 4.69) is 4.98 Å². The van der Waals surface area contributed by atoms with E-state index in [1.807, 2.05) is 48.5 Å². The first-order valence-electron chi connectivity index (χ1n) is 6.83. The van der Waals surface area contributed by atoms with Crippen LogP contribution in [0.3, 0.4) is 0 Å². The quantitative estimate of drug-likeness (QED) is 0.745. The Kier molecular flexibility index (Phi) is 2.67. The van der Waals surface area contributed by atoms with Crippen LogP contribution in [-0.4, -0.2) is 18.2 Å². The minimum atomic E-state index is -0.0852. The van der Waals surface area contributed by atoms with Crippen LogP contribution in [0.5, 0.6) is 11.5 Å². The predicted octanol–water partition coefficient (Wildman–Crippen LogP) is 2.97. The normalized spacial score (nSPS) is 13.3. The van der Waals surface area contributed by atoms with Gasteiger partial charge in [0.05, 0.1) is 0 Å². The molecule has 0 atom stereocenters. The van der Waals surface area contributed by atoms with E-state index in [0.29, 0.717) is 24.3 Å². The molecule has 4 nitrogen and oxygen atoms in total. The molecule has 1 aliphatic heterocycles. The summed E-state index contributed by atoms with van der Waals surface area (Å²) in [6.45, 7) is 1.11. The largest absolute Gasteiger partial charge is 0.486 e. The molecular weight excluding hydrogens is 266 g/mol. The Hall–Kier alpha value is -2.75. The van der Waals surface area contributed by atoms with Gasteiger partial charge in [-0.2, -0.15) is 0 Å². The van der Waals surface area contributed by atoms with Crippen LogP contribution in [-0.2, 0) is 0 Å². The molecule has 0 saturated heterocycles. The maximum atomic E-state index is 12.2. The highest BCUT2D eigenvalue weighted by atomic mass is 16.6. The Morgan fingerprint density at radius 3 is 2.62 bits per heavy atom. The third-order valence-electron chi connectivity index (χ3n) is 3.61. The van der Waals surface area contributed by atoms with Crippen LogP contribution < -0.4 is 15.0 Å². The molecule has 1 aromatic heterocycles. The maximum absolute atomic E-state index is 12.2. The van der Waals surface area contributed by atoms with Gasteiger partial charge in [0.1, 0.15) is 13.2 Å². The summed E-state index contributed by atoms with van der Waals surface area (Å²) in [4.78, 5) is 15.1. The fourth-order valence-electron chi connectivity index (χ4n) is 2.58. The number of benzene rings is 2. The molecule has 0 fully saturated rings. The second-order valence-electron chi connectivity index (χ2n) is 4.96. The number of rotatable bonds is 1. The SMILES string of the molecule is O=c1[nH]c(-c2ccc3c(c2)OCCO3)cc2ccccc12. The van der Waals surface area contributed by atoms with Crippen molar-refractivity contribution in [3.63, 3.8) is 0 Å². The second kappa shape index (κ2) is 4.66. The highest BCUT2D eigenvalue weighted by Crippen LogP contribution is 2.34. The summed E-state index contributed by atoms with van der Waals surface area (Å²) < 4.78 is 11.1. The first kappa shape index (κ1) is 12.0. The summed E-state index contributed by atoms with van der Waals surface area (Å²) in [5.74, 6) is 1.46. The van der Waals surface area contributed by atoms with E-state index < -0.39 is 0 Å². The topological polar surface area (TPSA) is 51.3 Å². The molecule has 2 aromatic carbocycles. The highest BCUT2D eigenvalue weighted by molar-refractivity contribution is 5.85. The average molecular weight is 279 g/mol. The van der Waals surface area contributed by atoms with E-state index in [0.717, 1.165) is 22.4 Å². The van der Waals surface area contributed by atoms with Gasteiger partial charge in [0.2, 0.25) is 0 Å². The number of ether oxygens (including phenoxy) is 2. The Morgan fingerprint density at radius 1 is 0.905 bits per heavy atom. The van der Waals surface area contributed by atoms with Gasteiger partial charge in [-0.15, -0.1) is 0 Å². The lowest BCUT2D eigenvalue weighted by Crippen LogP contribution is -2.15. The molecule has 0 radical (unpaired) electrons. The lowest BCUT2D eigenvalue weighted by molar-refractivity contribution is 0.171. The van der Waals surface area contributed by atoms with E-state index in [1.54, 1.807) is 0 Å². The van der Waals surface area contributed by atoms with E-state index >= 15 is 0 Å². The molecule has 1 N–H and O–H groups in total. The van der Waals surface area contributed by atoms with Gasteiger partial charge in [-0.05, 0) is 35.7 Å². The summed E-state index contributed by atoms with van der Waals surface area (Å²) in [5, 5.41) is 1.62. The average Bonchev–Trinajstić information content (AvgIpc) is 2.54. The first-order chi connectivity index (χ1) is 10.3. The number of aromatic amines is 1. The van der Waals surface area contributed by atoms with Crippen LogP contribution in [0.4, 0.5) is 0 Å². The zero-order chi connectivity index (χ0) is 14.2. The zero-order valence-electron chi connectivity index (χ0n) is 11.3. The van der Waals surface area contributed by atoms with E-state index in [4.69, 9.17) is 9.47 Å². The van der Waals surface area contributed by atoms with Crippen LogP contribution in [0.2, 0.25) is 0 Å². The predicted molar refractivity (Wildman–Crippen MR) is 81.0 cm³/mol. The number of H-pyrrole nitrogens is 1. The van der Waals surface area contributed by atoms with E-state index in [1.165, 1.54) is 0 Å². The molecule has 1 aliphatic rings. The van der Waals surface area contributed by atoms with Gasteiger partial charge in [0.15, 0.2) is 11.5 Å². The number of fused-ring (bicyclic) bond motifs is 2. The Balaban J connectivity index is 1.88. The number of pyridine rings is 1. The minimum absolute atomic E-state index is 0.0852. The van der Waals surface area contributed by atoms with Gasteiger partial charge in [-0.1, -0.05) is 18.2 Å². The first-order valence-corrected chi connectivity index (χ1v) is 6.83. The Bertz CT molecular complexity index is 883. The smallest absolute Gasteiger partial charge is 0.256 e. The van der Waals surface area contributed by atoms with Gasteiger partial charge in [-0.3, -0.25) is 4.79 Å². The maximum Gasteiger partial charge on any atom is 0.256 e. The Morgan fingerprint density at radius 2 is 1.71 bits per heavy atom. The summed E-state index contributed by atoms with van der Waals surface area (Å²) in [5.41, 5.74) is 1.59. The fourth-order valence-corrected chi connectivity index (χ4v) is 2.58. The molecule has 0 unspecified atom stereocenters. The number of aromatic nitrogens is 1. The molecular formula is C17H13NO3. The molecule has 2 heterocycles. The second-order valence-corrected chi connectivity index (χ2v) is 4.96. The lowest BCUT2D eigenvalue weighted by atomic mass is 10.1. The van der Waals surface area contributed by atoms with Crippen molar-refractivity contribution in [2.75, 3.05) is 13.2 Å². The van der Waals surface area contributed by atoms with Gasteiger partial charge < -0.3 is 14.5 Å². The van der Waals surface area contributed by atoms with E-state index in [9.17, 15) is 4.79 Å². The van der Waals surface area contributed by atoms with Gasteiger partial charge in [0.25, 0.3) is 5.56 Å². The van der Waals surface area contributed by atoms with Crippen molar-refractivity contribution in [1.29, 1.82) is 0 Å². The molecule has 4 heteroatoms. The number of hydrogen-bond acceptors (Lipinski definition) is 3.